The summed E-state index contributed by atoms with van der Waals surface area (Å²) in [7, 11) is 0. The van der Waals surface area contributed by atoms with E-state index in [9.17, 15) is 9.90 Å². The smallest absolute Gasteiger partial charge is 0.153 e. The van der Waals surface area contributed by atoms with Crippen LogP contribution in [0.2, 0.25) is 5.02 Å². The average Bonchev–Trinajstić information content (AvgIpc) is 3.47. The minimum Gasteiger partial charge on any atom is -0.493 e. The van der Waals surface area contributed by atoms with Crippen molar-refractivity contribution in [3.63, 3.8) is 0 Å². The highest BCUT2D eigenvalue weighted by Crippen LogP contribution is 2.36. The van der Waals surface area contributed by atoms with Crippen LogP contribution in [0.3, 0.4) is 0 Å². The van der Waals surface area contributed by atoms with Gasteiger partial charge in [-0.05, 0) is 54.7 Å². The van der Waals surface area contributed by atoms with Crippen molar-refractivity contribution in [1.29, 1.82) is 5.26 Å². The van der Waals surface area contributed by atoms with E-state index in [1.165, 1.54) is 12.3 Å². The largest absolute Gasteiger partial charge is 0.493 e. The molecule has 1 atom stereocenters. The predicted molar refractivity (Wildman–Crippen MR) is 168 cm³/mol. The van der Waals surface area contributed by atoms with Crippen LogP contribution in [0.1, 0.15) is 45.5 Å². The Kier molecular flexibility index (Phi) is 10.5. The number of ether oxygens (including phenoxy) is 3. The molecule has 0 spiro atoms. The van der Waals surface area contributed by atoms with Gasteiger partial charge in [-0.15, -0.1) is 0 Å². The number of aromatic nitrogens is 1. The first kappa shape index (κ1) is 31.0. The van der Waals surface area contributed by atoms with E-state index < -0.39 is 0 Å². The highest BCUT2D eigenvalue weighted by molar-refractivity contribution is 6.32. The van der Waals surface area contributed by atoms with Crippen LogP contribution in [0.5, 0.6) is 17.2 Å². The third-order valence-electron chi connectivity index (χ3n) is 7.64. The predicted octanol–water partition coefficient (Wildman–Crippen LogP) is 6.39. The second kappa shape index (κ2) is 14.8. The second-order valence-electron chi connectivity index (χ2n) is 10.7. The van der Waals surface area contributed by atoms with Crippen molar-refractivity contribution in [2.24, 2.45) is 0 Å². The number of hydrogen-bond donors (Lipinski definition) is 1. The number of likely N-dealkylation sites (tertiary alicyclic amines) is 1. The van der Waals surface area contributed by atoms with Gasteiger partial charge in [0, 0.05) is 49.2 Å². The number of carbonyl (C=O) groups excluding carboxylic acids is 1. The minimum atomic E-state index is -0.213. The minimum absolute atomic E-state index is 0.119. The molecule has 3 aromatic carbocycles. The molecule has 0 amide bonds. The molecule has 0 aliphatic carbocycles. The highest BCUT2D eigenvalue weighted by atomic mass is 35.5. The summed E-state index contributed by atoms with van der Waals surface area (Å²) in [5.74, 6) is 1.52. The van der Waals surface area contributed by atoms with Crippen LogP contribution in [0.4, 0.5) is 0 Å². The number of β-amino-alcohol motifs (C(OH)–C–C–N with tert-alkyl or cyclic N) is 1. The molecule has 1 saturated heterocycles. The van der Waals surface area contributed by atoms with Crippen molar-refractivity contribution < 1.29 is 24.1 Å². The van der Waals surface area contributed by atoms with Gasteiger partial charge in [0.15, 0.2) is 6.29 Å². The Hall–Kier alpha value is -4.42. The van der Waals surface area contributed by atoms with Gasteiger partial charge >= 0.3 is 0 Å². The van der Waals surface area contributed by atoms with Crippen molar-refractivity contribution in [2.45, 2.75) is 39.1 Å². The van der Waals surface area contributed by atoms with E-state index in [-0.39, 0.29) is 19.3 Å². The Morgan fingerprint density at radius 1 is 1.02 bits per heavy atom. The summed E-state index contributed by atoms with van der Waals surface area (Å²) in [6.45, 7) is 5.58. The lowest BCUT2D eigenvalue weighted by atomic mass is 9.96. The fourth-order valence-electron chi connectivity index (χ4n) is 5.25. The SMILES string of the molecule is Cc1c(COc2cc(OCc3cncc(C#N)c3)c(C=O)cc2Cl)cccc1-c1ccccc1OCCCN1CC[C@@H](O)C1. The molecule has 0 bridgehead atoms. The standard InChI is InChI=1S/C35H34ClN3O5/c1-24-27(6-4-8-30(24)31-7-2-3-9-33(31)42-13-5-11-39-12-10-29(41)20-39)23-44-35-16-34(28(21-40)15-32(35)36)43-22-26-14-25(17-37)18-38-19-26/h2-4,6-9,14-16,18-19,21,29,41H,5,10-13,20,22-23H2,1H3/t29-/m1/s1. The Morgan fingerprint density at radius 2 is 1.84 bits per heavy atom. The monoisotopic (exact) mass is 611 g/mol. The molecule has 1 fully saturated rings. The summed E-state index contributed by atoms with van der Waals surface area (Å²) in [5, 5.41) is 19.2. The van der Waals surface area contributed by atoms with Gasteiger partial charge in [0.2, 0.25) is 0 Å². The summed E-state index contributed by atoms with van der Waals surface area (Å²) >= 11 is 6.48. The van der Waals surface area contributed by atoms with Crippen molar-refractivity contribution in [2.75, 3.05) is 26.2 Å². The second-order valence-corrected chi connectivity index (χ2v) is 11.1. The van der Waals surface area contributed by atoms with Gasteiger partial charge in [-0.25, -0.2) is 0 Å². The van der Waals surface area contributed by atoms with Gasteiger partial charge in [-0.1, -0.05) is 48.0 Å². The van der Waals surface area contributed by atoms with Gasteiger partial charge < -0.3 is 24.2 Å². The maximum absolute atomic E-state index is 11.7. The number of nitriles is 1. The number of rotatable bonds is 13. The average molecular weight is 612 g/mol. The molecule has 8 nitrogen and oxygen atoms in total. The summed E-state index contributed by atoms with van der Waals surface area (Å²) in [5.41, 5.74) is 5.49. The van der Waals surface area contributed by atoms with E-state index in [0.29, 0.717) is 46.1 Å². The molecular weight excluding hydrogens is 578 g/mol. The molecule has 5 rings (SSSR count). The van der Waals surface area contributed by atoms with E-state index in [4.69, 9.17) is 31.1 Å². The van der Waals surface area contributed by atoms with Crippen LogP contribution in [-0.4, -0.2) is 53.6 Å². The molecule has 226 valence electrons. The third kappa shape index (κ3) is 7.74. The van der Waals surface area contributed by atoms with Crippen LogP contribution >= 0.6 is 11.6 Å². The van der Waals surface area contributed by atoms with Crippen LogP contribution in [0.25, 0.3) is 11.1 Å². The fraction of sp³-hybridized carbons (Fsp3) is 0.286. The van der Waals surface area contributed by atoms with Crippen LogP contribution in [-0.2, 0) is 13.2 Å². The first-order chi connectivity index (χ1) is 21.4. The Morgan fingerprint density at radius 3 is 2.64 bits per heavy atom. The van der Waals surface area contributed by atoms with Crippen LogP contribution in [0, 0.1) is 18.3 Å². The van der Waals surface area contributed by atoms with E-state index in [2.05, 4.69) is 35.0 Å². The van der Waals surface area contributed by atoms with Gasteiger partial charge in [0.1, 0.15) is 36.5 Å². The van der Waals surface area contributed by atoms with Crippen molar-refractivity contribution >= 4 is 17.9 Å². The molecule has 0 unspecified atom stereocenters. The third-order valence-corrected chi connectivity index (χ3v) is 7.94. The summed E-state index contributed by atoms with van der Waals surface area (Å²) in [6.07, 6.45) is 5.27. The van der Waals surface area contributed by atoms with Gasteiger partial charge in [-0.3, -0.25) is 9.78 Å². The van der Waals surface area contributed by atoms with Crippen LogP contribution < -0.4 is 14.2 Å². The van der Waals surface area contributed by atoms with E-state index in [0.717, 1.165) is 60.5 Å². The Bertz CT molecular complexity index is 1650. The zero-order valence-electron chi connectivity index (χ0n) is 24.5. The van der Waals surface area contributed by atoms with E-state index in [1.54, 1.807) is 18.3 Å². The first-order valence-corrected chi connectivity index (χ1v) is 14.9. The number of benzene rings is 3. The normalized spacial score (nSPS) is 14.6. The Balaban J connectivity index is 1.27. The first-order valence-electron chi connectivity index (χ1n) is 14.5. The molecule has 2 heterocycles. The zero-order valence-corrected chi connectivity index (χ0v) is 25.3. The molecule has 44 heavy (non-hydrogen) atoms. The molecular formula is C35H34ClN3O5. The van der Waals surface area contributed by atoms with Gasteiger partial charge in [0.25, 0.3) is 0 Å². The van der Waals surface area contributed by atoms with Crippen LogP contribution in [0.15, 0.2) is 73.1 Å². The topological polar surface area (TPSA) is 105 Å². The maximum Gasteiger partial charge on any atom is 0.153 e. The molecule has 1 aromatic heterocycles. The molecule has 1 aliphatic heterocycles. The van der Waals surface area contributed by atoms with Crippen molar-refractivity contribution in [1.82, 2.24) is 9.88 Å². The number of para-hydroxylation sites is 1. The number of halogens is 1. The fourth-order valence-corrected chi connectivity index (χ4v) is 5.48. The number of pyridine rings is 1. The number of nitrogens with zero attached hydrogens (tertiary/aromatic N) is 3. The summed E-state index contributed by atoms with van der Waals surface area (Å²) in [6, 6.07) is 20.9. The zero-order chi connectivity index (χ0) is 30.9. The maximum atomic E-state index is 11.7. The molecule has 4 aromatic rings. The number of aliphatic hydroxyl groups is 1. The number of carbonyl (C=O) groups is 1. The number of aliphatic hydroxyl groups excluding tert-OH is 1. The molecule has 0 radical (unpaired) electrons. The number of hydrogen-bond acceptors (Lipinski definition) is 8. The lowest BCUT2D eigenvalue weighted by Gasteiger charge is -2.18. The quantitative estimate of drug-likeness (QED) is 0.137. The highest BCUT2D eigenvalue weighted by Gasteiger charge is 2.19. The molecule has 1 aliphatic rings. The van der Waals surface area contributed by atoms with E-state index >= 15 is 0 Å². The van der Waals surface area contributed by atoms with E-state index in [1.807, 2.05) is 30.3 Å². The van der Waals surface area contributed by atoms with Crippen molar-refractivity contribution in [3.05, 3.63) is 106 Å². The summed E-state index contributed by atoms with van der Waals surface area (Å²) < 4.78 is 18.3. The lowest BCUT2D eigenvalue weighted by Crippen LogP contribution is -2.24. The van der Waals surface area contributed by atoms with Gasteiger partial charge in [-0.2, -0.15) is 5.26 Å². The lowest BCUT2D eigenvalue weighted by molar-refractivity contribution is 0.111. The molecule has 9 heteroatoms. The Labute approximate surface area is 262 Å². The molecule has 0 saturated carbocycles. The van der Waals surface area contributed by atoms with Crippen molar-refractivity contribution in [3.8, 4) is 34.4 Å². The van der Waals surface area contributed by atoms with Gasteiger partial charge in [0.05, 0.1) is 28.9 Å². The number of aldehydes is 1. The summed E-state index contributed by atoms with van der Waals surface area (Å²) in [4.78, 5) is 18.0. The molecule has 1 N–H and O–H groups in total.